The van der Waals surface area contributed by atoms with Gasteiger partial charge in [-0.15, -0.1) is 0 Å². The molecule has 0 aliphatic heterocycles. The zero-order valence-electron chi connectivity index (χ0n) is 11.5. The van der Waals surface area contributed by atoms with Gasteiger partial charge in [0.1, 0.15) is 6.61 Å². The first-order valence-corrected chi connectivity index (χ1v) is 6.38. The van der Waals surface area contributed by atoms with E-state index in [1.54, 1.807) is 25.1 Å². The summed E-state index contributed by atoms with van der Waals surface area (Å²) >= 11 is 0. The molecule has 0 aromatic heterocycles. The highest BCUT2D eigenvalue weighted by molar-refractivity contribution is 5.35. The van der Waals surface area contributed by atoms with E-state index < -0.39 is 10.7 Å². The minimum absolute atomic E-state index is 0.0242. The van der Waals surface area contributed by atoms with E-state index in [0.717, 1.165) is 0 Å². The summed E-state index contributed by atoms with van der Waals surface area (Å²) < 4.78 is 19.2. The zero-order chi connectivity index (χ0) is 15.4. The molecule has 21 heavy (non-hydrogen) atoms. The summed E-state index contributed by atoms with van der Waals surface area (Å²) in [4.78, 5) is 10.2. The lowest BCUT2D eigenvalue weighted by Gasteiger charge is -2.10. The van der Waals surface area contributed by atoms with Crippen LogP contribution in [0.2, 0.25) is 0 Å². The van der Waals surface area contributed by atoms with Crippen LogP contribution in [0.3, 0.4) is 0 Å². The first-order chi connectivity index (χ1) is 9.97. The van der Waals surface area contributed by atoms with Gasteiger partial charge in [-0.1, -0.05) is 18.2 Å². The highest BCUT2D eigenvalue weighted by Crippen LogP contribution is 2.22. The molecular formula is C15H15FN2O3. The Kier molecular flexibility index (Phi) is 4.49. The van der Waals surface area contributed by atoms with Crippen molar-refractivity contribution in [2.24, 2.45) is 5.73 Å². The van der Waals surface area contributed by atoms with Gasteiger partial charge in [0.05, 0.1) is 4.92 Å². The van der Waals surface area contributed by atoms with Crippen LogP contribution in [-0.4, -0.2) is 4.92 Å². The molecule has 2 N–H and O–H groups in total. The summed E-state index contributed by atoms with van der Waals surface area (Å²) in [5.74, 6) is -0.416. The fourth-order valence-electron chi connectivity index (χ4n) is 1.84. The number of rotatable bonds is 5. The number of hydrogen-bond donors (Lipinski definition) is 1. The third-order valence-corrected chi connectivity index (χ3v) is 3.00. The number of hydrogen-bond acceptors (Lipinski definition) is 4. The third kappa shape index (κ3) is 3.76. The van der Waals surface area contributed by atoms with E-state index in [0.29, 0.717) is 11.1 Å². The van der Waals surface area contributed by atoms with Gasteiger partial charge in [0.15, 0.2) is 11.6 Å². The standard InChI is InChI=1S/C15H15FN2O3/c1-10(17)12-5-6-15(14(16)8-12)21-9-11-3-2-4-13(7-11)18(19)20/h2-8,10H,9,17H2,1H3/t10-/m0/s1. The van der Waals surface area contributed by atoms with E-state index >= 15 is 0 Å². The second-order valence-electron chi connectivity index (χ2n) is 4.69. The highest BCUT2D eigenvalue weighted by Gasteiger charge is 2.09. The normalized spacial score (nSPS) is 12.0. The Labute approximate surface area is 121 Å². The lowest BCUT2D eigenvalue weighted by Crippen LogP contribution is -2.06. The van der Waals surface area contributed by atoms with E-state index in [4.69, 9.17) is 10.5 Å². The molecule has 0 saturated heterocycles. The fourth-order valence-corrected chi connectivity index (χ4v) is 1.84. The Balaban J connectivity index is 2.09. The first kappa shape index (κ1) is 14.9. The van der Waals surface area contributed by atoms with Gasteiger partial charge in [-0.2, -0.15) is 0 Å². The van der Waals surface area contributed by atoms with Crippen molar-refractivity contribution in [2.45, 2.75) is 19.6 Å². The van der Waals surface area contributed by atoms with Gasteiger partial charge in [-0.05, 0) is 30.2 Å². The van der Waals surface area contributed by atoms with Crippen LogP contribution in [0, 0.1) is 15.9 Å². The Morgan fingerprint density at radius 2 is 2.10 bits per heavy atom. The van der Waals surface area contributed by atoms with Crippen LogP contribution in [0.25, 0.3) is 0 Å². The second kappa shape index (κ2) is 6.32. The number of nitro groups is 1. The molecule has 0 spiro atoms. The van der Waals surface area contributed by atoms with Gasteiger partial charge in [0, 0.05) is 18.2 Å². The zero-order valence-corrected chi connectivity index (χ0v) is 11.5. The predicted molar refractivity (Wildman–Crippen MR) is 76.4 cm³/mol. The Bertz CT molecular complexity index is 659. The Morgan fingerprint density at radius 1 is 1.33 bits per heavy atom. The molecule has 0 amide bonds. The lowest BCUT2D eigenvalue weighted by atomic mass is 10.1. The van der Waals surface area contributed by atoms with Gasteiger partial charge in [-0.25, -0.2) is 4.39 Å². The van der Waals surface area contributed by atoms with Gasteiger partial charge in [0.2, 0.25) is 0 Å². The van der Waals surface area contributed by atoms with Crippen LogP contribution >= 0.6 is 0 Å². The summed E-state index contributed by atoms with van der Waals surface area (Å²) in [6.45, 7) is 1.81. The predicted octanol–water partition coefficient (Wildman–Crippen LogP) is 3.33. The average molecular weight is 290 g/mol. The molecular weight excluding hydrogens is 275 g/mol. The number of halogens is 1. The quantitative estimate of drug-likeness (QED) is 0.676. The number of nitro benzene ring substituents is 1. The molecule has 0 unspecified atom stereocenters. The van der Waals surface area contributed by atoms with Gasteiger partial charge >= 0.3 is 0 Å². The summed E-state index contributed by atoms with van der Waals surface area (Å²) in [5.41, 5.74) is 6.92. The molecule has 0 saturated carbocycles. The van der Waals surface area contributed by atoms with Crippen molar-refractivity contribution < 1.29 is 14.1 Å². The number of nitrogens with zero attached hydrogens (tertiary/aromatic N) is 1. The van der Waals surface area contributed by atoms with Crippen molar-refractivity contribution in [3.63, 3.8) is 0 Å². The van der Waals surface area contributed by atoms with Crippen LogP contribution in [-0.2, 0) is 6.61 Å². The Morgan fingerprint density at radius 3 is 2.71 bits per heavy atom. The number of benzene rings is 2. The van der Waals surface area contributed by atoms with E-state index in [1.807, 2.05) is 0 Å². The van der Waals surface area contributed by atoms with Gasteiger partial charge < -0.3 is 10.5 Å². The van der Waals surface area contributed by atoms with Crippen LogP contribution in [0.5, 0.6) is 5.75 Å². The molecule has 0 fully saturated rings. The number of ether oxygens (including phenoxy) is 1. The maximum atomic E-state index is 13.8. The SMILES string of the molecule is C[C@H](N)c1ccc(OCc2cccc([N+](=O)[O-])c2)c(F)c1. The van der Waals surface area contributed by atoms with Gasteiger partial charge in [-0.3, -0.25) is 10.1 Å². The maximum Gasteiger partial charge on any atom is 0.269 e. The summed E-state index contributed by atoms with van der Waals surface area (Å²) in [6.07, 6.45) is 0. The molecule has 2 aromatic rings. The minimum Gasteiger partial charge on any atom is -0.486 e. The number of nitrogens with two attached hydrogens (primary N) is 1. The topological polar surface area (TPSA) is 78.4 Å². The fraction of sp³-hybridized carbons (Fsp3) is 0.200. The van der Waals surface area contributed by atoms with Crippen molar-refractivity contribution in [1.29, 1.82) is 0 Å². The van der Waals surface area contributed by atoms with Crippen molar-refractivity contribution in [2.75, 3.05) is 0 Å². The second-order valence-corrected chi connectivity index (χ2v) is 4.69. The molecule has 6 heteroatoms. The molecule has 2 aromatic carbocycles. The molecule has 0 aliphatic carbocycles. The first-order valence-electron chi connectivity index (χ1n) is 6.38. The smallest absolute Gasteiger partial charge is 0.269 e. The highest BCUT2D eigenvalue weighted by atomic mass is 19.1. The summed E-state index contributed by atoms with van der Waals surface area (Å²) in [6, 6.07) is 10.3. The molecule has 5 nitrogen and oxygen atoms in total. The molecule has 1 atom stereocenters. The van der Waals surface area contributed by atoms with Crippen LogP contribution in [0.4, 0.5) is 10.1 Å². The van der Waals surface area contributed by atoms with E-state index in [-0.39, 0.29) is 24.1 Å². The largest absolute Gasteiger partial charge is 0.486 e. The lowest BCUT2D eigenvalue weighted by molar-refractivity contribution is -0.384. The van der Waals surface area contributed by atoms with Crippen molar-refractivity contribution in [1.82, 2.24) is 0 Å². The van der Waals surface area contributed by atoms with Gasteiger partial charge in [0.25, 0.3) is 5.69 Å². The molecule has 0 aliphatic rings. The average Bonchev–Trinajstić information content (AvgIpc) is 2.46. The van der Waals surface area contributed by atoms with E-state index in [1.165, 1.54) is 24.3 Å². The molecule has 0 radical (unpaired) electrons. The Hall–Kier alpha value is -2.47. The van der Waals surface area contributed by atoms with E-state index in [9.17, 15) is 14.5 Å². The number of non-ortho nitro benzene ring substituents is 1. The van der Waals surface area contributed by atoms with Crippen molar-refractivity contribution in [3.8, 4) is 5.75 Å². The monoisotopic (exact) mass is 290 g/mol. The minimum atomic E-state index is -0.504. The van der Waals surface area contributed by atoms with Crippen molar-refractivity contribution in [3.05, 3.63) is 69.5 Å². The molecule has 2 rings (SSSR count). The summed E-state index contributed by atoms with van der Waals surface area (Å²) in [7, 11) is 0. The molecule has 0 bridgehead atoms. The van der Waals surface area contributed by atoms with E-state index in [2.05, 4.69) is 0 Å². The maximum absolute atomic E-state index is 13.8. The summed E-state index contributed by atoms with van der Waals surface area (Å²) in [5, 5.41) is 10.7. The molecule has 0 heterocycles. The molecule has 110 valence electrons. The van der Waals surface area contributed by atoms with Crippen LogP contribution < -0.4 is 10.5 Å². The van der Waals surface area contributed by atoms with Crippen LogP contribution in [0.15, 0.2) is 42.5 Å². The van der Waals surface area contributed by atoms with Crippen LogP contribution in [0.1, 0.15) is 24.1 Å². The third-order valence-electron chi connectivity index (χ3n) is 3.00. The van der Waals surface area contributed by atoms with Crippen molar-refractivity contribution >= 4 is 5.69 Å².